The van der Waals surface area contributed by atoms with Crippen molar-refractivity contribution >= 4 is 26.9 Å². The monoisotopic (exact) mass is 414 g/mol. The molecule has 6 nitrogen and oxygen atoms in total. The van der Waals surface area contributed by atoms with Crippen molar-refractivity contribution in [3.63, 3.8) is 0 Å². The number of carbonyl (C=O) groups is 1. The summed E-state index contributed by atoms with van der Waals surface area (Å²) in [6, 6.07) is 5.67. The minimum absolute atomic E-state index is 0.0483. The van der Waals surface area contributed by atoms with Crippen LogP contribution in [0.2, 0.25) is 0 Å². The molecule has 0 radical (unpaired) electrons. The third-order valence-corrected chi connectivity index (χ3v) is 8.57. The maximum Gasteiger partial charge on any atom is 0.306 e. The fourth-order valence-electron chi connectivity index (χ4n) is 7.25. The molecule has 5 fully saturated rings. The van der Waals surface area contributed by atoms with E-state index in [1.54, 1.807) is 12.1 Å². The summed E-state index contributed by atoms with van der Waals surface area (Å²) < 4.78 is 28.0. The van der Waals surface area contributed by atoms with Gasteiger partial charge >= 0.3 is 10.1 Å². The van der Waals surface area contributed by atoms with Crippen molar-refractivity contribution in [2.24, 2.45) is 11.3 Å². The van der Waals surface area contributed by atoms with Crippen LogP contribution in [-0.2, 0) is 14.9 Å². The summed E-state index contributed by atoms with van der Waals surface area (Å²) in [5.41, 5.74) is 2.62. The SMILES string of the molecule is CC(CC(=O)N1C2CC3CC4(C2)CC14C3)c1c[nH]c2ccc(OS(C)(=O)=O)cc12. The van der Waals surface area contributed by atoms with Gasteiger partial charge in [0, 0.05) is 35.1 Å². The molecular formula is C22H26N2O4S. The highest BCUT2D eigenvalue weighted by atomic mass is 32.2. The van der Waals surface area contributed by atoms with Crippen molar-refractivity contribution in [1.29, 1.82) is 0 Å². The van der Waals surface area contributed by atoms with Crippen molar-refractivity contribution in [1.82, 2.24) is 9.88 Å². The van der Waals surface area contributed by atoms with Crippen molar-refractivity contribution in [2.45, 2.75) is 62.9 Å². The zero-order valence-electron chi connectivity index (χ0n) is 16.8. The summed E-state index contributed by atoms with van der Waals surface area (Å²) in [5, 5.41) is 0.913. The lowest BCUT2D eigenvalue weighted by Gasteiger charge is -2.42. The molecular weight excluding hydrogens is 388 g/mol. The molecule has 3 aliphatic carbocycles. The lowest BCUT2D eigenvalue weighted by Crippen LogP contribution is -2.49. The number of carbonyl (C=O) groups excluding carboxylic acids is 1. The van der Waals surface area contributed by atoms with Crippen molar-refractivity contribution < 1.29 is 17.4 Å². The maximum atomic E-state index is 13.4. The highest BCUT2D eigenvalue weighted by molar-refractivity contribution is 7.86. The molecule has 1 aromatic carbocycles. The Labute approximate surface area is 170 Å². The minimum Gasteiger partial charge on any atom is -0.383 e. The Morgan fingerprint density at radius 3 is 2.93 bits per heavy atom. The molecule has 5 aliphatic rings. The Morgan fingerprint density at radius 1 is 1.34 bits per heavy atom. The number of piperidine rings is 2. The molecule has 29 heavy (non-hydrogen) atoms. The molecule has 2 spiro atoms. The molecule has 154 valence electrons. The van der Waals surface area contributed by atoms with Crippen LogP contribution in [0, 0.1) is 11.3 Å². The van der Waals surface area contributed by atoms with Crippen LogP contribution in [0.4, 0.5) is 0 Å². The Morgan fingerprint density at radius 2 is 2.17 bits per heavy atom. The number of rotatable bonds is 5. The van der Waals surface area contributed by atoms with E-state index in [1.807, 2.05) is 12.3 Å². The van der Waals surface area contributed by atoms with Gasteiger partial charge in [0.25, 0.3) is 0 Å². The Kier molecular flexibility index (Phi) is 3.29. The van der Waals surface area contributed by atoms with E-state index in [2.05, 4.69) is 16.8 Å². The van der Waals surface area contributed by atoms with Crippen LogP contribution in [0.25, 0.3) is 10.9 Å². The van der Waals surface area contributed by atoms with Gasteiger partial charge in [-0.05, 0) is 73.1 Å². The lowest BCUT2D eigenvalue weighted by atomic mass is 9.79. The molecule has 7 rings (SSSR count). The molecule has 5 atom stereocenters. The summed E-state index contributed by atoms with van der Waals surface area (Å²) in [6.45, 7) is 2.08. The van der Waals surface area contributed by atoms with Gasteiger partial charge in [0.15, 0.2) is 0 Å². The third-order valence-electron chi connectivity index (χ3n) is 8.07. The standard InChI is InChI=1S/C22H26N2O4S/c1-13(18-11-23-19-4-3-16(7-17(18)19)28-29(2,26)27)5-20(25)24-15-6-14-8-21(10-15)12-22(21,24)9-14/h3-4,7,11,13-15,23H,5-6,8-10,12H2,1-2H3. The number of H-pyrrole nitrogens is 1. The number of nitrogens with one attached hydrogen (secondary N) is 1. The van der Waals surface area contributed by atoms with Gasteiger partial charge in [-0.25, -0.2) is 0 Å². The number of benzene rings is 1. The zero-order chi connectivity index (χ0) is 20.2. The van der Waals surface area contributed by atoms with Crippen LogP contribution in [0.5, 0.6) is 5.75 Å². The van der Waals surface area contributed by atoms with Gasteiger partial charge in [0.1, 0.15) is 5.75 Å². The first-order valence-electron chi connectivity index (χ1n) is 10.5. The quantitative estimate of drug-likeness (QED) is 0.759. The summed E-state index contributed by atoms with van der Waals surface area (Å²) in [6.07, 6.45) is 9.68. The number of amides is 1. The average Bonchev–Trinajstić information content (AvgIpc) is 2.88. The molecule has 1 aromatic heterocycles. The smallest absolute Gasteiger partial charge is 0.306 e. The second-order valence-electron chi connectivity index (χ2n) is 9.96. The van der Waals surface area contributed by atoms with Crippen LogP contribution in [-0.4, -0.2) is 42.0 Å². The average molecular weight is 415 g/mol. The first-order valence-corrected chi connectivity index (χ1v) is 12.3. The summed E-state index contributed by atoms with van der Waals surface area (Å²) in [7, 11) is -3.58. The molecule has 2 saturated heterocycles. The molecule has 1 amide bonds. The Bertz CT molecular complexity index is 1150. The van der Waals surface area contributed by atoms with Gasteiger partial charge in [0.2, 0.25) is 5.91 Å². The van der Waals surface area contributed by atoms with E-state index in [-0.39, 0.29) is 11.5 Å². The van der Waals surface area contributed by atoms with Crippen LogP contribution in [0.1, 0.15) is 56.9 Å². The van der Waals surface area contributed by atoms with E-state index in [0.717, 1.165) is 28.6 Å². The van der Waals surface area contributed by atoms with Crippen molar-refractivity contribution in [3.05, 3.63) is 30.0 Å². The van der Waals surface area contributed by atoms with Gasteiger partial charge < -0.3 is 14.1 Å². The molecule has 5 unspecified atom stereocenters. The fourth-order valence-corrected chi connectivity index (χ4v) is 7.71. The van der Waals surface area contributed by atoms with Crippen LogP contribution < -0.4 is 4.18 Å². The van der Waals surface area contributed by atoms with E-state index in [4.69, 9.17) is 4.18 Å². The first kappa shape index (κ1) is 17.8. The molecule has 2 aromatic rings. The molecule has 7 heteroatoms. The van der Waals surface area contributed by atoms with Crippen LogP contribution in [0.3, 0.4) is 0 Å². The summed E-state index contributed by atoms with van der Waals surface area (Å²) in [5.74, 6) is 1.49. The number of hydrogen-bond donors (Lipinski definition) is 1. The molecule has 4 bridgehead atoms. The fraction of sp³-hybridized carbons (Fsp3) is 0.591. The van der Waals surface area contributed by atoms with E-state index >= 15 is 0 Å². The number of nitrogens with zero attached hydrogens (tertiary/aromatic N) is 1. The van der Waals surface area contributed by atoms with E-state index in [0.29, 0.717) is 29.5 Å². The van der Waals surface area contributed by atoms with Crippen LogP contribution >= 0.6 is 0 Å². The normalized spacial score (nSPS) is 35.2. The number of aromatic nitrogens is 1. The lowest BCUT2D eigenvalue weighted by molar-refractivity contribution is -0.138. The second kappa shape index (κ2) is 5.36. The molecule has 3 heterocycles. The highest BCUT2D eigenvalue weighted by Gasteiger charge is 2.82. The van der Waals surface area contributed by atoms with Crippen molar-refractivity contribution in [3.8, 4) is 5.75 Å². The van der Waals surface area contributed by atoms with Gasteiger partial charge in [-0.2, -0.15) is 8.42 Å². The number of aromatic amines is 1. The van der Waals surface area contributed by atoms with Gasteiger partial charge in [-0.1, -0.05) is 6.92 Å². The highest BCUT2D eigenvalue weighted by Crippen LogP contribution is 2.81. The largest absolute Gasteiger partial charge is 0.383 e. The van der Waals surface area contributed by atoms with E-state index < -0.39 is 10.1 Å². The second-order valence-corrected chi connectivity index (χ2v) is 11.5. The molecule has 2 aliphatic heterocycles. The Hall–Kier alpha value is -2.02. The first-order chi connectivity index (χ1) is 13.7. The molecule has 1 N–H and O–H groups in total. The Balaban J connectivity index is 1.25. The predicted octanol–water partition coefficient (Wildman–Crippen LogP) is 3.54. The zero-order valence-corrected chi connectivity index (χ0v) is 17.6. The van der Waals surface area contributed by atoms with E-state index in [9.17, 15) is 13.2 Å². The van der Waals surface area contributed by atoms with Gasteiger partial charge in [-0.15, -0.1) is 0 Å². The van der Waals surface area contributed by atoms with E-state index in [1.165, 1.54) is 32.1 Å². The minimum atomic E-state index is -3.58. The van der Waals surface area contributed by atoms with Crippen molar-refractivity contribution in [2.75, 3.05) is 6.26 Å². The number of hydrogen-bond acceptors (Lipinski definition) is 4. The topological polar surface area (TPSA) is 79.5 Å². The van der Waals surface area contributed by atoms with Gasteiger partial charge in [-0.3, -0.25) is 4.79 Å². The third kappa shape index (κ3) is 2.39. The van der Waals surface area contributed by atoms with Gasteiger partial charge in [0.05, 0.1) is 6.26 Å². The maximum absolute atomic E-state index is 13.4. The summed E-state index contributed by atoms with van der Waals surface area (Å²) >= 11 is 0. The number of fused-ring (bicyclic) bond motifs is 1. The predicted molar refractivity (Wildman–Crippen MR) is 109 cm³/mol. The molecule has 3 saturated carbocycles. The van der Waals surface area contributed by atoms with Crippen LogP contribution in [0.15, 0.2) is 24.4 Å². The summed E-state index contributed by atoms with van der Waals surface area (Å²) in [4.78, 5) is 18.9.